The minimum absolute atomic E-state index is 0.260. The third kappa shape index (κ3) is 3.36. The van der Waals surface area contributed by atoms with Gasteiger partial charge >= 0.3 is 0 Å². The summed E-state index contributed by atoms with van der Waals surface area (Å²) in [5.41, 5.74) is 2.89. The molecule has 132 valence electrons. The summed E-state index contributed by atoms with van der Waals surface area (Å²) >= 11 is 0. The predicted molar refractivity (Wildman–Crippen MR) is 101 cm³/mol. The predicted octanol–water partition coefficient (Wildman–Crippen LogP) is 3.65. The maximum Gasteiger partial charge on any atom is 0.0902 e. The second kappa shape index (κ2) is 6.68. The van der Waals surface area contributed by atoms with Crippen molar-refractivity contribution in [2.75, 3.05) is 13.3 Å². The Hall–Kier alpha value is -2.07. The van der Waals surface area contributed by atoms with Crippen molar-refractivity contribution in [3.63, 3.8) is 0 Å². The van der Waals surface area contributed by atoms with Gasteiger partial charge < -0.3 is 14.9 Å². The van der Waals surface area contributed by atoms with Crippen LogP contribution in [0.3, 0.4) is 0 Å². The topological polar surface area (TPSA) is 39.6 Å². The highest BCUT2D eigenvalue weighted by atomic mass is 16.2. The highest BCUT2D eigenvalue weighted by Gasteiger charge is 2.43. The van der Waals surface area contributed by atoms with E-state index < -0.39 is 0 Å². The molecule has 1 saturated carbocycles. The first kappa shape index (κ1) is 16.4. The van der Waals surface area contributed by atoms with Crippen LogP contribution in [-0.4, -0.2) is 38.7 Å². The molecule has 1 aliphatic carbocycles. The zero-order valence-electron chi connectivity index (χ0n) is 15.0. The molecule has 2 aromatic rings. The van der Waals surface area contributed by atoms with E-state index in [1.54, 1.807) is 0 Å². The van der Waals surface area contributed by atoms with Crippen molar-refractivity contribution >= 4 is 10.8 Å². The molecule has 2 aliphatic rings. The fraction of sp³-hybridized carbons (Fsp3) is 0.476. The van der Waals surface area contributed by atoms with Crippen molar-refractivity contribution < 1.29 is 5.11 Å². The van der Waals surface area contributed by atoms with Crippen LogP contribution in [0.25, 0.3) is 10.8 Å². The second-order valence-electron chi connectivity index (χ2n) is 7.60. The van der Waals surface area contributed by atoms with Gasteiger partial charge in [-0.2, -0.15) is 0 Å². The largest absolute Gasteiger partial charge is 0.396 e. The molecule has 0 bridgehead atoms. The van der Waals surface area contributed by atoms with Gasteiger partial charge in [-0.25, -0.2) is 0 Å². The van der Waals surface area contributed by atoms with Crippen LogP contribution >= 0.6 is 0 Å². The summed E-state index contributed by atoms with van der Waals surface area (Å²) in [5.74, 6) is 0. The lowest BCUT2D eigenvalue weighted by Crippen LogP contribution is -2.33. The molecule has 4 rings (SSSR count). The Morgan fingerprint density at radius 2 is 2.00 bits per heavy atom. The first-order valence-corrected chi connectivity index (χ1v) is 9.35. The Morgan fingerprint density at radius 1 is 1.16 bits per heavy atom. The maximum atomic E-state index is 9.13. The van der Waals surface area contributed by atoms with Crippen molar-refractivity contribution in [2.45, 2.75) is 51.1 Å². The third-order valence-corrected chi connectivity index (χ3v) is 5.64. The van der Waals surface area contributed by atoms with Crippen LogP contribution in [0.15, 0.2) is 42.9 Å². The first-order chi connectivity index (χ1) is 12.2. The molecule has 0 spiro atoms. The fourth-order valence-corrected chi connectivity index (χ4v) is 3.67. The number of nitrogens with zero attached hydrogens (tertiary/aromatic N) is 3. The highest BCUT2D eigenvalue weighted by molar-refractivity contribution is 5.85. The summed E-state index contributed by atoms with van der Waals surface area (Å²) in [6.07, 6.45) is 11.9. The van der Waals surface area contributed by atoms with Crippen LogP contribution < -0.4 is 0 Å². The number of aliphatic hydroxyl groups is 1. The number of pyridine rings is 1. The summed E-state index contributed by atoms with van der Waals surface area (Å²) in [4.78, 5) is 9.61. The number of hydrogen-bond acceptors (Lipinski definition) is 4. The molecule has 1 aliphatic heterocycles. The Kier molecular flexibility index (Phi) is 4.38. The summed E-state index contributed by atoms with van der Waals surface area (Å²) in [6, 6.07) is 8.50. The van der Waals surface area contributed by atoms with Crippen LogP contribution in [0.1, 0.15) is 43.9 Å². The highest BCUT2D eigenvalue weighted by Crippen LogP contribution is 2.42. The zero-order chi connectivity index (χ0) is 17.3. The van der Waals surface area contributed by atoms with Gasteiger partial charge in [-0.1, -0.05) is 24.3 Å². The van der Waals surface area contributed by atoms with E-state index in [1.165, 1.54) is 34.9 Å². The number of aliphatic hydroxyl groups excluding tert-OH is 1. The average molecular weight is 337 g/mol. The number of rotatable bonds is 7. The van der Waals surface area contributed by atoms with Crippen molar-refractivity contribution in [3.8, 4) is 0 Å². The van der Waals surface area contributed by atoms with Crippen molar-refractivity contribution in [3.05, 3.63) is 54.1 Å². The van der Waals surface area contributed by atoms with Crippen LogP contribution in [-0.2, 0) is 13.0 Å². The quantitative estimate of drug-likeness (QED) is 0.783. The van der Waals surface area contributed by atoms with Gasteiger partial charge in [0, 0.05) is 36.1 Å². The lowest BCUT2D eigenvalue weighted by molar-refractivity contribution is 0.202. The molecule has 0 saturated heterocycles. The normalized spacial score (nSPS) is 18.3. The van der Waals surface area contributed by atoms with Crippen LogP contribution in [0.4, 0.5) is 0 Å². The molecule has 1 fully saturated rings. The fourth-order valence-electron chi connectivity index (χ4n) is 3.67. The van der Waals surface area contributed by atoms with Gasteiger partial charge in [0.05, 0.1) is 18.9 Å². The number of aromatic nitrogens is 1. The standard InChI is InChI=1S/C21H27N3O/c1-21(9-10-21)24-12-11-23(16-24)15-20-19(8-4-5-13-25)18-7-3-2-6-17(18)14-22-20/h2-3,6-7,11-12,14,25H,4-5,8-10,13,15-16H2,1H3. The maximum absolute atomic E-state index is 9.13. The zero-order valence-corrected chi connectivity index (χ0v) is 15.0. The van der Waals surface area contributed by atoms with E-state index in [-0.39, 0.29) is 6.61 Å². The van der Waals surface area contributed by atoms with Crippen LogP contribution in [0, 0.1) is 0 Å². The molecule has 2 heterocycles. The van der Waals surface area contributed by atoms with Crippen LogP contribution in [0.2, 0.25) is 0 Å². The monoisotopic (exact) mass is 337 g/mol. The van der Waals surface area contributed by atoms with E-state index in [0.29, 0.717) is 5.54 Å². The number of hydrogen-bond donors (Lipinski definition) is 1. The van der Waals surface area contributed by atoms with Crippen molar-refractivity contribution in [1.82, 2.24) is 14.8 Å². The Bertz CT molecular complexity index is 782. The molecule has 1 aromatic heterocycles. The van der Waals surface area contributed by atoms with Gasteiger partial charge in [-0.3, -0.25) is 4.98 Å². The summed E-state index contributed by atoms with van der Waals surface area (Å²) in [5, 5.41) is 11.6. The molecule has 0 radical (unpaired) electrons. The SMILES string of the molecule is CC1(N2C=CN(Cc3ncc4ccccc4c3CCCCO)C2)CC1. The van der Waals surface area contributed by atoms with Crippen molar-refractivity contribution in [2.24, 2.45) is 0 Å². The lowest BCUT2D eigenvalue weighted by atomic mass is 9.99. The molecule has 0 amide bonds. The van der Waals surface area contributed by atoms with Gasteiger partial charge in [0.15, 0.2) is 0 Å². The van der Waals surface area contributed by atoms with E-state index in [2.05, 4.69) is 53.4 Å². The van der Waals surface area contributed by atoms with Gasteiger partial charge in [0.1, 0.15) is 0 Å². The molecule has 0 atom stereocenters. The lowest BCUT2D eigenvalue weighted by Gasteiger charge is -2.27. The molecule has 1 N–H and O–H groups in total. The molecular formula is C21H27N3O. The average Bonchev–Trinajstić information content (AvgIpc) is 3.20. The molecular weight excluding hydrogens is 310 g/mol. The summed E-state index contributed by atoms with van der Waals surface area (Å²) in [7, 11) is 0. The van der Waals surface area contributed by atoms with Crippen molar-refractivity contribution in [1.29, 1.82) is 0 Å². The summed E-state index contributed by atoms with van der Waals surface area (Å²) in [6.45, 7) is 4.41. The van der Waals surface area contributed by atoms with E-state index in [0.717, 1.165) is 32.5 Å². The number of aryl methyl sites for hydroxylation is 1. The second-order valence-corrected chi connectivity index (χ2v) is 7.60. The van der Waals surface area contributed by atoms with Gasteiger partial charge in [0.2, 0.25) is 0 Å². The molecule has 4 heteroatoms. The van der Waals surface area contributed by atoms with Crippen LogP contribution in [0.5, 0.6) is 0 Å². The number of benzene rings is 1. The molecule has 1 aromatic carbocycles. The minimum atomic E-state index is 0.260. The van der Waals surface area contributed by atoms with E-state index in [1.807, 2.05) is 6.20 Å². The number of unbranched alkanes of at least 4 members (excludes halogenated alkanes) is 1. The smallest absolute Gasteiger partial charge is 0.0902 e. The minimum Gasteiger partial charge on any atom is -0.396 e. The van der Waals surface area contributed by atoms with Gasteiger partial charge in [0.25, 0.3) is 0 Å². The summed E-state index contributed by atoms with van der Waals surface area (Å²) < 4.78 is 0. The van der Waals surface area contributed by atoms with E-state index in [4.69, 9.17) is 10.1 Å². The van der Waals surface area contributed by atoms with E-state index >= 15 is 0 Å². The molecule has 4 nitrogen and oxygen atoms in total. The number of fused-ring (bicyclic) bond motifs is 1. The molecule has 25 heavy (non-hydrogen) atoms. The van der Waals surface area contributed by atoms with Gasteiger partial charge in [-0.15, -0.1) is 0 Å². The Balaban J connectivity index is 1.56. The Morgan fingerprint density at radius 3 is 2.80 bits per heavy atom. The first-order valence-electron chi connectivity index (χ1n) is 9.35. The third-order valence-electron chi connectivity index (χ3n) is 5.64. The molecule has 0 unspecified atom stereocenters. The van der Waals surface area contributed by atoms with E-state index in [9.17, 15) is 0 Å². The Labute approximate surface area is 149 Å². The van der Waals surface area contributed by atoms with Gasteiger partial charge in [-0.05, 0) is 50.0 Å².